The van der Waals surface area contributed by atoms with Crippen LogP contribution in [-0.4, -0.2) is 8.80 Å². The lowest BCUT2D eigenvalue weighted by Gasteiger charge is -2.03. The Morgan fingerprint density at radius 3 is 1.12 bits per heavy atom. The van der Waals surface area contributed by atoms with Gasteiger partial charge in [-0.25, -0.2) is 0 Å². The van der Waals surface area contributed by atoms with Crippen LogP contribution in [0.1, 0.15) is 28.2 Å². The Hall–Kier alpha value is 0.217. The second-order valence-electron chi connectivity index (χ2n) is 2.09. The molecule has 0 bridgehead atoms. The maximum Gasteiger partial charge on any atom is 0.0359 e. The Balaban J connectivity index is 0. The lowest BCUT2D eigenvalue weighted by atomic mass is 10.9. The van der Waals surface area contributed by atoms with Crippen molar-refractivity contribution in [3.05, 3.63) is 0 Å². The topological polar surface area (TPSA) is 0 Å². The van der Waals surface area contributed by atoms with E-state index in [2.05, 4.69) is 20.8 Å². The Kier molecular flexibility index (Phi) is 9.99. The first-order valence-corrected chi connectivity index (χ1v) is 5.80. The third-order valence-corrected chi connectivity index (χ3v) is 5.20. The SMILES string of the molecule is C.CC[SiH](CC)CC. The zero-order chi connectivity index (χ0) is 5.70. The standard InChI is InChI=1S/C6H16Si.CH4/c1-4-7(5-2)6-3;/h7H,4-6H2,1-3H3;1H4. The van der Waals surface area contributed by atoms with Gasteiger partial charge in [0.2, 0.25) is 0 Å². The van der Waals surface area contributed by atoms with E-state index in [1.807, 2.05) is 0 Å². The van der Waals surface area contributed by atoms with Crippen molar-refractivity contribution in [2.24, 2.45) is 0 Å². The summed E-state index contributed by atoms with van der Waals surface area (Å²) >= 11 is 0. The average molecular weight is 132 g/mol. The molecule has 0 N–H and O–H groups in total. The fraction of sp³-hybridized carbons (Fsp3) is 1.00. The minimum atomic E-state index is -0.171. The van der Waals surface area contributed by atoms with Crippen LogP contribution in [0, 0.1) is 0 Å². The van der Waals surface area contributed by atoms with E-state index in [4.69, 9.17) is 0 Å². The molecule has 0 nitrogen and oxygen atoms in total. The third-order valence-electron chi connectivity index (χ3n) is 1.73. The fourth-order valence-electron chi connectivity index (χ4n) is 0.866. The molecule has 0 amide bonds. The Bertz CT molecular complexity index is 25.9. The monoisotopic (exact) mass is 132 g/mol. The fourth-order valence-corrected chi connectivity index (χ4v) is 2.60. The summed E-state index contributed by atoms with van der Waals surface area (Å²) in [6, 6.07) is 4.48. The van der Waals surface area contributed by atoms with Gasteiger partial charge in [0.05, 0.1) is 0 Å². The van der Waals surface area contributed by atoms with Gasteiger partial charge in [0.1, 0.15) is 0 Å². The van der Waals surface area contributed by atoms with Crippen LogP contribution in [0.15, 0.2) is 0 Å². The minimum absolute atomic E-state index is 0. The van der Waals surface area contributed by atoms with Gasteiger partial charge in [0.15, 0.2) is 0 Å². The van der Waals surface area contributed by atoms with Crippen molar-refractivity contribution in [2.45, 2.75) is 46.3 Å². The van der Waals surface area contributed by atoms with E-state index < -0.39 is 0 Å². The molecule has 0 aromatic carbocycles. The first-order chi connectivity index (χ1) is 3.35. The van der Waals surface area contributed by atoms with E-state index in [0.29, 0.717) is 0 Å². The van der Waals surface area contributed by atoms with Crippen molar-refractivity contribution in [1.82, 2.24) is 0 Å². The molecular weight excluding hydrogens is 112 g/mol. The van der Waals surface area contributed by atoms with Crippen molar-refractivity contribution in [3.8, 4) is 0 Å². The van der Waals surface area contributed by atoms with Gasteiger partial charge in [0, 0.05) is 8.80 Å². The first kappa shape index (κ1) is 11.1. The molecular formula is C7H20Si. The smallest absolute Gasteiger partial charge is 0.0359 e. The molecule has 8 heavy (non-hydrogen) atoms. The Morgan fingerprint density at radius 2 is 1.12 bits per heavy atom. The predicted molar refractivity (Wildman–Crippen MR) is 45.3 cm³/mol. The van der Waals surface area contributed by atoms with E-state index >= 15 is 0 Å². The highest BCUT2D eigenvalue weighted by atomic mass is 28.3. The largest absolute Gasteiger partial charge is 0.0776 e. The Morgan fingerprint density at radius 1 is 0.875 bits per heavy atom. The van der Waals surface area contributed by atoms with Crippen molar-refractivity contribution >= 4 is 8.80 Å². The van der Waals surface area contributed by atoms with E-state index in [0.717, 1.165) is 0 Å². The molecule has 52 valence electrons. The second-order valence-corrected chi connectivity index (χ2v) is 6.27. The van der Waals surface area contributed by atoms with Gasteiger partial charge in [-0.2, -0.15) is 0 Å². The summed E-state index contributed by atoms with van der Waals surface area (Å²) in [5.74, 6) is 0. The van der Waals surface area contributed by atoms with Crippen LogP contribution in [0.4, 0.5) is 0 Å². The first-order valence-electron chi connectivity index (χ1n) is 3.35. The van der Waals surface area contributed by atoms with E-state index in [9.17, 15) is 0 Å². The molecule has 0 aliphatic heterocycles. The molecule has 0 aromatic rings. The van der Waals surface area contributed by atoms with E-state index in [1.54, 1.807) is 0 Å². The van der Waals surface area contributed by atoms with Gasteiger partial charge < -0.3 is 0 Å². The van der Waals surface area contributed by atoms with Crippen LogP contribution in [0.25, 0.3) is 0 Å². The molecule has 1 heteroatoms. The zero-order valence-electron chi connectivity index (χ0n) is 5.70. The summed E-state index contributed by atoms with van der Waals surface area (Å²) in [6.45, 7) is 6.97. The molecule has 0 heterocycles. The second kappa shape index (κ2) is 7.22. The average Bonchev–Trinajstić information content (AvgIpc) is 1.72. The minimum Gasteiger partial charge on any atom is -0.0776 e. The highest BCUT2D eigenvalue weighted by Gasteiger charge is 1.98. The number of rotatable bonds is 3. The molecule has 0 aliphatic rings. The van der Waals surface area contributed by atoms with Crippen LogP contribution in [0.2, 0.25) is 18.1 Å². The van der Waals surface area contributed by atoms with Gasteiger partial charge in [-0.1, -0.05) is 46.3 Å². The molecule has 0 spiro atoms. The summed E-state index contributed by atoms with van der Waals surface area (Å²) in [6.07, 6.45) is 0. The quantitative estimate of drug-likeness (QED) is 0.518. The molecule has 0 fully saturated rings. The third kappa shape index (κ3) is 4.38. The molecule has 0 radical (unpaired) electrons. The predicted octanol–water partition coefficient (Wildman–Crippen LogP) is 2.91. The van der Waals surface area contributed by atoms with Crippen molar-refractivity contribution in [1.29, 1.82) is 0 Å². The number of hydrogen-bond acceptors (Lipinski definition) is 0. The van der Waals surface area contributed by atoms with Gasteiger partial charge >= 0.3 is 0 Å². The van der Waals surface area contributed by atoms with Crippen molar-refractivity contribution in [2.75, 3.05) is 0 Å². The normalized spacial score (nSPS) is 9.00. The molecule has 0 aromatic heterocycles. The van der Waals surface area contributed by atoms with Gasteiger partial charge in [-0.3, -0.25) is 0 Å². The van der Waals surface area contributed by atoms with Crippen molar-refractivity contribution < 1.29 is 0 Å². The summed E-state index contributed by atoms with van der Waals surface area (Å²) in [5.41, 5.74) is 0. The summed E-state index contributed by atoms with van der Waals surface area (Å²) in [4.78, 5) is 0. The molecule has 0 saturated heterocycles. The lowest BCUT2D eigenvalue weighted by molar-refractivity contribution is 1.24. The molecule has 0 saturated carbocycles. The van der Waals surface area contributed by atoms with Crippen LogP contribution < -0.4 is 0 Å². The lowest BCUT2D eigenvalue weighted by Crippen LogP contribution is -2.04. The van der Waals surface area contributed by atoms with Crippen LogP contribution in [0.5, 0.6) is 0 Å². The van der Waals surface area contributed by atoms with Gasteiger partial charge in [-0.05, 0) is 0 Å². The molecule has 0 unspecified atom stereocenters. The summed E-state index contributed by atoms with van der Waals surface area (Å²) in [5, 5.41) is 0. The maximum absolute atomic E-state index is 2.32. The molecule has 0 rings (SSSR count). The highest BCUT2D eigenvalue weighted by Crippen LogP contribution is 2.01. The number of hydrogen-bond donors (Lipinski definition) is 0. The molecule has 0 atom stereocenters. The van der Waals surface area contributed by atoms with Gasteiger partial charge in [-0.15, -0.1) is 0 Å². The van der Waals surface area contributed by atoms with Crippen LogP contribution in [0.3, 0.4) is 0 Å². The molecule has 0 aliphatic carbocycles. The van der Waals surface area contributed by atoms with Gasteiger partial charge in [0.25, 0.3) is 0 Å². The van der Waals surface area contributed by atoms with E-state index in [-0.39, 0.29) is 16.2 Å². The summed E-state index contributed by atoms with van der Waals surface area (Å²) in [7, 11) is -0.171. The highest BCUT2D eigenvalue weighted by molar-refractivity contribution is 6.58. The van der Waals surface area contributed by atoms with E-state index in [1.165, 1.54) is 18.1 Å². The van der Waals surface area contributed by atoms with Crippen molar-refractivity contribution in [3.63, 3.8) is 0 Å². The van der Waals surface area contributed by atoms with Crippen LogP contribution >= 0.6 is 0 Å². The van der Waals surface area contributed by atoms with Crippen LogP contribution in [-0.2, 0) is 0 Å². The zero-order valence-corrected chi connectivity index (χ0v) is 6.85. The Labute approximate surface area is 55.9 Å². The maximum atomic E-state index is 2.32. The summed E-state index contributed by atoms with van der Waals surface area (Å²) < 4.78 is 0.